The first-order valence-corrected chi connectivity index (χ1v) is 7.80. The van der Waals surface area contributed by atoms with E-state index in [0.717, 1.165) is 32.5 Å². The second-order valence-electron chi connectivity index (χ2n) is 5.57. The molecule has 1 saturated heterocycles. The van der Waals surface area contributed by atoms with E-state index in [2.05, 4.69) is 31.1 Å². The largest absolute Gasteiger partial charge is 0.346 e. The van der Waals surface area contributed by atoms with E-state index in [1.807, 2.05) is 0 Å². The zero-order valence-electron chi connectivity index (χ0n) is 11.0. The quantitative estimate of drug-likeness (QED) is 0.859. The van der Waals surface area contributed by atoms with Crippen molar-refractivity contribution in [1.29, 1.82) is 0 Å². The second-order valence-corrected chi connectivity index (χ2v) is 6.49. The van der Waals surface area contributed by atoms with Gasteiger partial charge in [0.2, 0.25) is 0 Å². The van der Waals surface area contributed by atoms with Crippen LogP contribution in [0.3, 0.4) is 0 Å². The van der Waals surface area contributed by atoms with Crippen LogP contribution >= 0.6 is 15.9 Å². The van der Waals surface area contributed by atoms with Crippen LogP contribution in [0.4, 0.5) is 10.2 Å². The highest BCUT2D eigenvalue weighted by molar-refractivity contribution is 9.10. The molecule has 2 heterocycles. The van der Waals surface area contributed by atoms with Gasteiger partial charge in [-0.3, -0.25) is 0 Å². The molecule has 1 aliphatic heterocycles. The molecule has 1 saturated carbocycles. The van der Waals surface area contributed by atoms with Crippen LogP contribution in [-0.4, -0.2) is 30.2 Å². The van der Waals surface area contributed by atoms with E-state index in [0.29, 0.717) is 10.3 Å². The van der Waals surface area contributed by atoms with Crippen LogP contribution in [0.15, 0.2) is 16.7 Å². The zero-order chi connectivity index (χ0) is 13.3. The Morgan fingerprint density at radius 1 is 1.32 bits per heavy atom. The Balaban J connectivity index is 1.95. The maximum absolute atomic E-state index is 14.2. The van der Waals surface area contributed by atoms with Crippen LogP contribution in [0.25, 0.3) is 0 Å². The Hall–Kier alpha value is -0.680. The Kier molecular flexibility index (Phi) is 3.76. The fraction of sp³-hybridized carbons (Fsp3) is 0.643. The zero-order valence-corrected chi connectivity index (χ0v) is 12.5. The van der Waals surface area contributed by atoms with Gasteiger partial charge in [-0.2, -0.15) is 0 Å². The van der Waals surface area contributed by atoms with Gasteiger partial charge in [-0.05, 0) is 34.8 Å². The van der Waals surface area contributed by atoms with E-state index in [1.54, 1.807) is 6.20 Å². The van der Waals surface area contributed by atoms with E-state index in [1.165, 1.54) is 25.3 Å². The second kappa shape index (κ2) is 5.37. The van der Waals surface area contributed by atoms with Crippen LogP contribution in [0.1, 0.15) is 32.1 Å². The molecule has 0 unspecified atom stereocenters. The highest BCUT2D eigenvalue weighted by atomic mass is 79.9. The van der Waals surface area contributed by atoms with Crippen molar-refractivity contribution in [2.24, 2.45) is 0 Å². The first kappa shape index (κ1) is 13.3. The molecule has 5 heteroatoms. The fourth-order valence-corrected chi connectivity index (χ4v) is 3.74. The Bertz CT molecular complexity index is 452. The fourth-order valence-electron chi connectivity index (χ4n) is 3.44. The summed E-state index contributed by atoms with van der Waals surface area (Å²) < 4.78 is 14.9. The number of nitrogens with one attached hydrogen (secondary N) is 1. The number of rotatable bonds is 1. The molecule has 0 amide bonds. The Morgan fingerprint density at radius 3 is 2.84 bits per heavy atom. The SMILES string of the molecule is Fc1cc(Br)cnc1N1CCNCC12CCCCC2. The van der Waals surface area contributed by atoms with Gasteiger partial charge >= 0.3 is 0 Å². The molecule has 104 valence electrons. The maximum Gasteiger partial charge on any atom is 0.166 e. The minimum absolute atomic E-state index is 0.0676. The summed E-state index contributed by atoms with van der Waals surface area (Å²) in [6.45, 7) is 2.69. The highest BCUT2D eigenvalue weighted by Gasteiger charge is 2.41. The number of hydrogen-bond donors (Lipinski definition) is 1. The molecular formula is C14H19BrFN3. The lowest BCUT2D eigenvalue weighted by Crippen LogP contribution is -2.62. The number of piperazine rings is 1. The van der Waals surface area contributed by atoms with Crippen molar-refractivity contribution in [3.05, 3.63) is 22.6 Å². The lowest BCUT2D eigenvalue weighted by Gasteiger charge is -2.50. The van der Waals surface area contributed by atoms with Gasteiger partial charge in [0.1, 0.15) is 0 Å². The number of anilines is 1. The van der Waals surface area contributed by atoms with Crippen molar-refractivity contribution < 1.29 is 4.39 Å². The standard InChI is InChI=1S/C14H19BrFN3/c15-11-8-12(16)13(18-9-11)19-7-6-17-10-14(19)4-2-1-3-5-14/h8-9,17H,1-7,10H2. The van der Waals surface area contributed by atoms with E-state index >= 15 is 0 Å². The topological polar surface area (TPSA) is 28.2 Å². The van der Waals surface area contributed by atoms with Gasteiger partial charge < -0.3 is 10.2 Å². The lowest BCUT2D eigenvalue weighted by atomic mass is 9.79. The van der Waals surface area contributed by atoms with Crippen LogP contribution in [0.2, 0.25) is 0 Å². The van der Waals surface area contributed by atoms with Gasteiger partial charge in [-0.25, -0.2) is 9.37 Å². The summed E-state index contributed by atoms with van der Waals surface area (Å²) in [6.07, 6.45) is 7.73. The van der Waals surface area contributed by atoms with Crippen molar-refractivity contribution in [2.75, 3.05) is 24.5 Å². The van der Waals surface area contributed by atoms with Gasteiger partial charge in [0.05, 0.1) is 5.54 Å². The van der Waals surface area contributed by atoms with Crippen molar-refractivity contribution in [3.63, 3.8) is 0 Å². The van der Waals surface area contributed by atoms with Gasteiger partial charge in [0.15, 0.2) is 11.6 Å². The third-order valence-corrected chi connectivity index (χ3v) is 4.80. The van der Waals surface area contributed by atoms with Crippen LogP contribution in [0.5, 0.6) is 0 Å². The van der Waals surface area contributed by atoms with E-state index in [4.69, 9.17) is 0 Å². The van der Waals surface area contributed by atoms with E-state index < -0.39 is 0 Å². The summed E-state index contributed by atoms with van der Waals surface area (Å²) in [6, 6.07) is 1.51. The Morgan fingerprint density at radius 2 is 2.11 bits per heavy atom. The smallest absolute Gasteiger partial charge is 0.166 e. The average molecular weight is 328 g/mol. The number of nitrogens with zero attached hydrogens (tertiary/aromatic N) is 2. The molecule has 0 atom stereocenters. The van der Waals surface area contributed by atoms with Crippen molar-refractivity contribution in [1.82, 2.24) is 10.3 Å². The minimum atomic E-state index is -0.221. The summed E-state index contributed by atoms with van der Waals surface area (Å²) in [5.41, 5.74) is 0.0676. The molecule has 3 rings (SSSR count). The molecule has 1 N–H and O–H groups in total. The average Bonchev–Trinajstić information content (AvgIpc) is 2.41. The number of aromatic nitrogens is 1. The summed E-state index contributed by atoms with van der Waals surface area (Å²) in [4.78, 5) is 6.54. The molecule has 0 radical (unpaired) electrons. The molecule has 2 aliphatic rings. The van der Waals surface area contributed by atoms with Gasteiger partial charge in [-0.1, -0.05) is 19.3 Å². The first-order chi connectivity index (χ1) is 9.21. The first-order valence-electron chi connectivity index (χ1n) is 7.01. The molecule has 19 heavy (non-hydrogen) atoms. The van der Waals surface area contributed by atoms with E-state index in [-0.39, 0.29) is 11.4 Å². The van der Waals surface area contributed by atoms with Crippen LogP contribution in [0, 0.1) is 5.82 Å². The number of hydrogen-bond acceptors (Lipinski definition) is 3. The highest BCUT2D eigenvalue weighted by Crippen LogP contribution is 2.38. The van der Waals surface area contributed by atoms with Gasteiger partial charge in [-0.15, -0.1) is 0 Å². The predicted molar refractivity (Wildman–Crippen MR) is 77.9 cm³/mol. The molecule has 1 spiro atoms. The van der Waals surface area contributed by atoms with Gasteiger partial charge in [0, 0.05) is 30.3 Å². The molecular weight excluding hydrogens is 309 g/mol. The summed E-state index contributed by atoms with van der Waals surface area (Å²) in [5, 5.41) is 3.47. The summed E-state index contributed by atoms with van der Waals surface area (Å²) >= 11 is 3.27. The molecule has 1 aromatic rings. The van der Waals surface area contributed by atoms with Crippen LogP contribution < -0.4 is 10.2 Å². The summed E-state index contributed by atoms with van der Waals surface area (Å²) in [7, 11) is 0. The minimum Gasteiger partial charge on any atom is -0.346 e. The molecule has 1 aliphatic carbocycles. The third-order valence-electron chi connectivity index (χ3n) is 4.37. The molecule has 0 bridgehead atoms. The number of halogens is 2. The van der Waals surface area contributed by atoms with Crippen molar-refractivity contribution in [3.8, 4) is 0 Å². The normalized spacial score (nSPS) is 22.7. The van der Waals surface area contributed by atoms with Crippen molar-refractivity contribution in [2.45, 2.75) is 37.6 Å². The molecule has 0 aromatic carbocycles. The van der Waals surface area contributed by atoms with Gasteiger partial charge in [0.25, 0.3) is 0 Å². The summed E-state index contributed by atoms with van der Waals surface area (Å²) in [5.74, 6) is 0.299. The predicted octanol–water partition coefficient (Wildman–Crippen LogP) is 3.10. The van der Waals surface area contributed by atoms with E-state index in [9.17, 15) is 4.39 Å². The molecule has 1 aromatic heterocycles. The Labute approximate surface area is 121 Å². The molecule has 2 fully saturated rings. The molecule has 3 nitrogen and oxygen atoms in total. The van der Waals surface area contributed by atoms with Crippen molar-refractivity contribution >= 4 is 21.7 Å². The van der Waals surface area contributed by atoms with Crippen LogP contribution in [-0.2, 0) is 0 Å². The maximum atomic E-state index is 14.2. The lowest BCUT2D eigenvalue weighted by molar-refractivity contribution is 0.238. The monoisotopic (exact) mass is 327 g/mol. The number of pyridine rings is 1. The third kappa shape index (κ3) is 2.50.